The Morgan fingerprint density at radius 1 is 1.22 bits per heavy atom. The fourth-order valence-corrected chi connectivity index (χ4v) is 4.78. The van der Waals surface area contributed by atoms with E-state index in [0.717, 1.165) is 0 Å². The van der Waals surface area contributed by atoms with E-state index in [1.807, 2.05) is 0 Å². The van der Waals surface area contributed by atoms with Gasteiger partial charge >= 0.3 is 23.5 Å². The third-order valence-corrected chi connectivity index (χ3v) is 6.23. The summed E-state index contributed by atoms with van der Waals surface area (Å²) in [6, 6.07) is -1.01. The largest absolute Gasteiger partial charge is 0.490 e. The Bertz CT molecular complexity index is 618. The summed E-state index contributed by atoms with van der Waals surface area (Å²) in [7, 11) is -14.6. The molecule has 14 nitrogen and oxygen atoms in total. The first-order valence-electron chi connectivity index (χ1n) is 5.81. The van der Waals surface area contributed by atoms with Gasteiger partial charge in [0.15, 0.2) is 0 Å². The molecule has 4 N–H and O–H groups in total. The first-order valence-corrected chi connectivity index (χ1v) is 10.3. The van der Waals surface area contributed by atoms with E-state index < -0.39 is 42.2 Å². The van der Waals surface area contributed by atoms with Crippen molar-refractivity contribution in [3.63, 3.8) is 0 Å². The van der Waals surface area contributed by atoms with Gasteiger partial charge in [0.05, 0.1) is 18.8 Å². The zero-order valence-corrected chi connectivity index (χ0v) is 14.2. The first kappa shape index (κ1) is 20.8. The summed E-state index contributed by atoms with van der Waals surface area (Å²) >= 11 is 0. The van der Waals surface area contributed by atoms with Crippen molar-refractivity contribution < 1.29 is 51.2 Å². The second-order valence-electron chi connectivity index (χ2n) is 4.38. The minimum Gasteiger partial charge on any atom is -0.381 e. The Labute approximate surface area is 130 Å². The minimum absolute atomic E-state index is 0.319. The molecular formula is C5H13BN3O11P3. The molecule has 0 radical (unpaired) electrons. The highest BCUT2D eigenvalue weighted by Gasteiger charge is 2.42. The van der Waals surface area contributed by atoms with Gasteiger partial charge in [0, 0.05) is 10.9 Å². The molecule has 0 spiro atoms. The summed E-state index contributed by atoms with van der Waals surface area (Å²) in [6.07, 6.45) is -0.583. The quantitative estimate of drug-likeness (QED) is 0.138. The maximum Gasteiger partial charge on any atom is 0.490 e. The lowest BCUT2D eigenvalue weighted by Crippen LogP contribution is -2.24. The molecule has 3 unspecified atom stereocenters. The van der Waals surface area contributed by atoms with Crippen LogP contribution in [0.25, 0.3) is 10.4 Å². The third kappa shape index (κ3) is 7.91. The van der Waals surface area contributed by atoms with Crippen LogP contribution in [0, 0.1) is 0 Å². The monoisotopic (exact) mass is 395 g/mol. The molecule has 0 aliphatic carbocycles. The SMILES string of the molecule is B[C@H]1CC(N=[N+]=[N-])[C@@H](COP(=O)(O)OP(=O)(O)OP(=O)(O)O)O1. The zero-order valence-electron chi connectivity index (χ0n) is 11.5. The van der Waals surface area contributed by atoms with E-state index in [0.29, 0.717) is 6.42 Å². The standard InChI is InChI=1S/C5H13BN3O11P3/c6-5-1-3(8-9-7)4(18-5)2-17-22(13,14)20-23(15,16)19-21(10,11)12/h3-5H,1-2,6H2,(H,13,14)(H,15,16)(H2,10,11,12)/t3?,4-,5-/m1/s1. The summed E-state index contributed by atoms with van der Waals surface area (Å²) in [5, 5.41) is 3.41. The van der Waals surface area contributed by atoms with E-state index >= 15 is 0 Å². The van der Waals surface area contributed by atoms with E-state index in [1.165, 1.54) is 0 Å². The summed E-state index contributed by atoms with van der Waals surface area (Å²) in [5.74, 6) is 0. The van der Waals surface area contributed by atoms with Gasteiger partial charge in [-0.05, 0) is 12.0 Å². The van der Waals surface area contributed by atoms with Crippen LogP contribution < -0.4 is 0 Å². The number of hydrogen-bond acceptors (Lipinski definition) is 8. The smallest absolute Gasteiger partial charge is 0.381 e. The predicted molar refractivity (Wildman–Crippen MR) is 74.6 cm³/mol. The third-order valence-electron chi connectivity index (χ3n) is 2.43. The average Bonchev–Trinajstić information content (AvgIpc) is 2.63. The van der Waals surface area contributed by atoms with E-state index in [4.69, 9.17) is 24.9 Å². The summed E-state index contributed by atoms with van der Waals surface area (Å²) < 4.78 is 49.8. The van der Waals surface area contributed by atoms with Gasteiger partial charge in [0.2, 0.25) is 0 Å². The molecule has 0 aromatic rings. The highest BCUT2D eigenvalue weighted by molar-refractivity contribution is 7.66. The summed E-state index contributed by atoms with van der Waals surface area (Å²) in [6.45, 7) is -0.641. The average molecular weight is 395 g/mol. The van der Waals surface area contributed by atoms with Gasteiger partial charge in [-0.3, -0.25) is 4.52 Å². The number of ether oxygens (including phenoxy) is 1. The van der Waals surface area contributed by atoms with Gasteiger partial charge in [0.1, 0.15) is 7.85 Å². The van der Waals surface area contributed by atoms with Gasteiger partial charge < -0.3 is 24.3 Å². The molecule has 5 atom stereocenters. The fraction of sp³-hybridized carbons (Fsp3) is 1.00. The molecule has 23 heavy (non-hydrogen) atoms. The molecule has 18 heteroatoms. The fourth-order valence-electron chi connectivity index (χ4n) is 1.75. The van der Waals surface area contributed by atoms with Crippen LogP contribution in [0.15, 0.2) is 5.11 Å². The van der Waals surface area contributed by atoms with Crippen LogP contribution in [0.2, 0.25) is 0 Å². The van der Waals surface area contributed by atoms with Crippen molar-refractivity contribution in [1.82, 2.24) is 0 Å². The number of hydrogen-bond donors (Lipinski definition) is 4. The van der Waals surface area contributed by atoms with Crippen LogP contribution in [0.1, 0.15) is 6.42 Å². The van der Waals surface area contributed by atoms with Crippen LogP contribution in [-0.2, 0) is 31.6 Å². The lowest BCUT2D eigenvalue weighted by molar-refractivity contribution is 0.0351. The Morgan fingerprint density at radius 2 is 1.83 bits per heavy atom. The molecule has 1 aliphatic rings. The number of phosphoric ester groups is 1. The van der Waals surface area contributed by atoms with Gasteiger partial charge in [-0.15, -0.1) is 0 Å². The van der Waals surface area contributed by atoms with Crippen LogP contribution in [0.3, 0.4) is 0 Å². The van der Waals surface area contributed by atoms with Crippen LogP contribution in [-0.4, -0.2) is 52.2 Å². The molecule has 0 aromatic heterocycles. The van der Waals surface area contributed by atoms with Crippen molar-refractivity contribution in [3.8, 4) is 0 Å². The summed E-state index contributed by atoms with van der Waals surface area (Å²) in [5.41, 5.74) is 8.39. The van der Waals surface area contributed by atoms with E-state index in [-0.39, 0.29) is 6.00 Å². The summed E-state index contributed by atoms with van der Waals surface area (Å²) in [4.78, 5) is 37.6. The highest BCUT2D eigenvalue weighted by Crippen LogP contribution is 2.66. The normalized spacial score (nSPS) is 30.2. The molecule has 0 aromatic carbocycles. The number of nitrogens with zero attached hydrogens (tertiary/aromatic N) is 3. The van der Waals surface area contributed by atoms with Crippen LogP contribution in [0.4, 0.5) is 0 Å². The topological polar surface area (TPSA) is 218 Å². The maximum atomic E-state index is 11.5. The lowest BCUT2D eigenvalue weighted by atomic mass is 9.95. The lowest BCUT2D eigenvalue weighted by Gasteiger charge is -2.19. The van der Waals surface area contributed by atoms with Crippen molar-refractivity contribution in [2.24, 2.45) is 5.11 Å². The zero-order chi connectivity index (χ0) is 17.9. The molecule has 0 bridgehead atoms. The Morgan fingerprint density at radius 3 is 2.35 bits per heavy atom. The van der Waals surface area contributed by atoms with Crippen LogP contribution >= 0.6 is 23.5 Å². The van der Waals surface area contributed by atoms with Crippen molar-refractivity contribution in [2.75, 3.05) is 6.61 Å². The van der Waals surface area contributed by atoms with E-state index in [2.05, 4.69) is 23.2 Å². The van der Waals surface area contributed by atoms with E-state index in [9.17, 15) is 18.6 Å². The van der Waals surface area contributed by atoms with Gasteiger partial charge in [-0.25, -0.2) is 13.7 Å². The molecule has 1 aliphatic heterocycles. The highest BCUT2D eigenvalue weighted by atomic mass is 31.3. The van der Waals surface area contributed by atoms with Gasteiger partial charge in [-0.2, -0.15) is 8.62 Å². The molecule has 0 saturated carbocycles. The molecule has 1 rings (SSSR count). The van der Waals surface area contributed by atoms with Crippen molar-refractivity contribution in [2.45, 2.75) is 24.6 Å². The van der Waals surface area contributed by atoms with Gasteiger partial charge in [-0.1, -0.05) is 5.11 Å². The molecule has 1 fully saturated rings. The molecule has 1 heterocycles. The Hall–Kier alpha value is -0.255. The molecule has 1 saturated heterocycles. The Kier molecular flexibility index (Phi) is 7.01. The van der Waals surface area contributed by atoms with Crippen molar-refractivity contribution in [3.05, 3.63) is 10.4 Å². The second kappa shape index (κ2) is 7.75. The number of rotatable bonds is 8. The maximum absolute atomic E-state index is 11.5. The first-order chi connectivity index (χ1) is 10.3. The number of azide groups is 1. The van der Waals surface area contributed by atoms with Gasteiger partial charge in [0.25, 0.3) is 0 Å². The second-order valence-corrected chi connectivity index (χ2v) is 8.80. The molecular weight excluding hydrogens is 382 g/mol. The van der Waals surface area contributed by atoms with Crippen molar-refractivity contribution in [1.29, 1.82) is 0 Å². The molecule has 0 amide bonds. The predicted octanol–water partition coefficient (Wildman–Crippen LogP) is -0.243. The molecule has 132 valence electrons. The number of phosphoric acid groups is 3. The Balaban J connectivity index is 2.65. The van der Waals surface area contributed by atoms with Crippen molar-refractivity contribution >= 4 is 31.3 Å². The minimum atomic E-state index is -5.56. The van der Waals surface area contributed by atoms with Crippen LogP contribution in [0.5, 0.6) is 0 Å². The van der Waals surface area contributed by atoms with E-state index in [1.54, 1.807) is 7.85 Å².